The van der Waals surface area contributed by atoms with Crippen LogP contribution in [0.15, 0.2) is 243 Å². The molecule has 416 valence electrons. The van der Waals surface area contributed by atoms with Crippen LogP contribution < -0.4 is 0 Å². The molecule has 82 heavy (non-hydrogen) atoms. The summed E-state index contributed by atoms with van der Waals surface area (Å²) in [5.41, 5.74) is 10.5. The number of benzene rings is 8. The predicted molar refractivity (Wildman–Crippen MR) is 307 cm³/mol. The van der Waals surface area contributed by atoms with Crippen LogP contribution in [0.1, 0.15) is 91.3 Å². The second kappa shape index (κ2) is 24.4. The molecule has 2 aliphatic carbocycles. The van der Waals surface area contributed by atoms with Crippen LogP contribution in [0.5, 0.6) is 0 Å². The Labute approximate surface area is 474 Å². The number of halogens is 6. The summed E-state index contributed by atoms with van der Waals surface area (Å²) in [4.78, 5) is 9.87. The first kappa shape index (κ1) is 55.6. The minimum Gasteiger partial charge on any atom is -0.376 e. The molecule has 2 unspecified atom stereocenters. The molecule has 2 atom stereocenters. The van der Waals surface area contributed by atoms with Gasteiger partial charge >= 0.3 is 12.4 Å². The van der Waals surface area contributed by atoms with E-state index >= 15 is 0 Å². The second-order valence-corrected chi connectivity index (χ2v) is 21.3. The Hall–Kier alpha value is -8.32. The normalized spacial score (nSPS) is 15.4. The molecule has 0 spiro atoms. The number of aromatic nitrogens is 4. The summed E-state index contributed by atoms with van der Waals surface area (Å²) in [6.07, 6.45) is 0.514. The summed E-state index contributed by atoms with van der Waals surface area (Å²) in [7, 11) is 0. The SMILES string of the molecule is FC(F)(F)c1ccc(COCC2CCc3c(ncn3C(c3ccccc3)(c3ccccc3)c3ccccc3)C2)cc1.FC(F)(F)c1ccc(COCC2CCc3ncn(C(c4ccccc4)(c4ccccc4)c4ccccc4)c3C2)cc1. The first-order chi connectivity index (χ1) is 39.9. The van der Waals surface area contributed by atoms with E-state index in [9.17, 15) is 26.3 Å². The lowest BCUT2D eigenvalue weighted by Gasteiger charge is -2.39. The molecule has 0 saturated carbocycles. The number of rotatable bonds is 16. The number of ether oxygens (including phenoxy) is 2. The summed E-state index contributed by atoms with van der Waals surface area (Å²) in [6, 6.07) is 73.9. The lowest BCUT2D eigenvalue weighted by Crippen LogP contribution is -2.39. The van der Waals surface area contributed by atoms with Crippen molar-refractivity contribution in [1.29, 1.82) is 0 Å². The fraction of sp³-hybridized carbons (Fsp3) is 0.229. The Morgan fingerprint density at radius 3 is 1.02 bits per heavy atom. The van der Waals surface area contributed by atoms with Crippen LogP contribution in [-0.4, -0.2) is 32.3 Å². The number of hydrogen-bond acceptors (Lipinski definition) is 4. The zero-order valence-electron chi connectivity index (χ0n) is 45.2. The van der Waals surface area contributed by atoms with E-state index in [1.54, 1.807) is 0 Å². The van der Waals surface area contributed by atoms with Gasteiger partial charge in [0, 0.05) is 11.4 Å². The minimum atomic E-state index is -4.34. The van der Waals surface area contributed by atoms with E-state index in [2.05, 4.69) is 155 Å². The summed E-state index contributed by atoms with van der Waals surface area (Å²) in [5, 5.41) is 0. The van der Waals surface area contributed by atoms with Crippen molar-refractivity contribution in [3.05, 3.63) is 322 Å². The number of nitrogens with zero attached hydrogens (tertiary/aromatic N) is 4. The molecule has 0 amide bonds. The summed E-state index contributed by atoms with van der Waals surface area (Å²) >= 11 is 0. The smallest absolute Gasteiger partial charge is 0.376 e. The van der Waals surface area contributed by atoms with Crippen LogP contribution >= 0.6 is 0 Å². The van der Waals surface area contributed by atoms with E-state index in [4.69, 9.17) is 19.4 Å². The number of hydrogen-bond donors (Lipinski definition) is 0. The van der Waals surface area contributed by atoms with Crippen molar-refractivity contribution in [1.82, 2.24) is 19.1 Å². The zero-order valence-corrected chi connectivity index (χ0v) is 45.2. The summed E-state index contributed by atoms with van der Waals surface area (Å²) < 4.78 is 94.0. The van der Waals surface area contributed by atoms with Crippen LogP contribution in [0.2, 0.25) is 0 Å². The summed E-state index contributed by atoms with van der Waals surface area (Å²) in [5.74, 6) is 0.562. The van der Waals surface area contributed by atoms with E-state index in [1.807, 2.05) is 49.1 Å². The Bertz CT molecular complexity index is 3420. The molecule has 12 heteroatoms. The maximum absolute atomic E-state index is 12.9. The van der Waals surface area contributed by atoms with Crippen molar-refractivity contribution in [2.75, 3.05) is 13.2 Å². The molecule has 12 rings (SSSR count). The third-order valence-corrected chi connectivity index (χ3v) is 16.1. The van der Waals surface area contributed by atoms with E-state index in [0.29, 0.717) is 19.1 Å². The number of imidazole rings is 2. The average Bonchev–Trinajstić information content (AvgIpc) is 2.03. The highest BCUT2D eigenvalue weighted by molar-refractivity contribution is 5.53. The van der Waals surface area contributed by atoms with Crippen molar-refractivity contribution in [3.63, 3.8) is 0 Å². The van der Waals surface area contributed by atoms with Gasteiger partial charge in [0.1, 0.15) is 11.1 Å². The molecule has 0 fully saturated rings. The van der Waals surface area contributed by atoms with Gasteiger partial charge in [-0.25, -0.2) is 9.97 Å². The largest absolute Gasteiger partial charge is 0.416 e. The highest BCUT2D eigenvalue weighted by Gasteiger charge is 2.43. The Balaban J connectivity index is 0.000000172. The van der Waals surface area contributed by atoms with Gasteiger partial charge in [0.05, 0.1) is 61.6 Å². The number of fused-ring (bicyclic) bond motifs is 2. The number of alkyl halides is 6. The van der Waals surface area contributed by atoms with Gasteiger partial charge in [-0.05, 0) is 119 Å². The Morgan fingerprint density at radius 2 is 0.671 bits per heavy atom. The van der Waals surface area contributed by atoms with Crippen molar-refractivity contribution in [3.8, 4) is 0 Å². The molecule has 0 saturated heterocycles. The fourth-order valence-electron chi connectivity index (χ4n) is 12.2. The third-order valence-electron chi connectivity index (χ3n) is 16.1. The molecule has 2 aromatic heterocycles. The molecule has 2 aliphatic rings. The van der Waals surface area contributed by atoms with Gasteiger partial charge in [-0.2, -0.15) is 26.3 Å². The number of aryl methyl sites for hydroxylation is 1. The average molecular weight is 1110 g/mol. The second-order valence-electron chi connectivity index (χ2n) is 21.3. The van der Waals surface area contributed by atoms with Crippen LogP contribution in [0, 0.1) is 11.8 Å². The van der Waals surface area contributed by atoms with E-state index in [0.717, 1.165) is 102 Å². The molecule has 0 radical (unpaired) electrons. The van der Waals surface area contributed by atoms with E-state index in [-0.39, 0.29) is 19.1 Å². The van der Waals surface area contributed by atoms with Crippen LogP contribution in [-0.2, 0) is 71.8 Å². The van der Waals surface area contributed by atoms with E-state index < -0.39 is 34.6 Å². The zero-order chi connectivity index (χ0) is 56.6. The van der Waals surface area contributed by atoms with Crippen LogP contribution in [0.25, 0.3) is 0 Å². The van der Waals surface area contributed by atoms with Gasteiger partial charge in [0.15, 0.2) is 0 Å². The van der Waals surface area contributed by atoms with Gasteiger partial charge in [-0.1, -0.05) is 206 Å². The lowest BCUT2D eigenvalue weighted by molar-refractivity contribution is -0.138. The molecule has 8 aromatic carbocycles. The molecular weight excluding hydrogens is 1040 g/mol. The molecule has 10 aromatic rings. The summed E-state index contributed by atoms with van der Waals surface area (Å²) in [6.45, 7) is 1.63. The maximum atomic E-state index is 12.9. The van der Waals surface area contributed by atoms with Gasteiger partial charge < -0.3 is 18.6 Å². The molecule has 6 nitrogen and oxygen atoms in total. The molecule has 2 heterocycles. The first-order valence-electron chi connectivity index (χ1n) is 27.8. The molecule has 0 bridgehead atoms. The van der Waals surface area contributed by atoms with Gasteiger partial charge in [0.25, 0.3) is 0 Å². The lowest BCUT2D eigenvalue weighted by atomic mass is 9.76. The highest BCUT2D eigenvalue weighted by Crippen LogP contribution is 2.45. The minimum absolute atomic E-state index is 0.271. The monoisotopic (exact) mass is 1100 g/mol. The maximum Gasteiger partial charge on any atom is 0.416 e. The molecular formula is C70H62F6N4O2. The third kappa shape index (κ3) is 11.6. The van der Waals surface area contributed by atoms with Gasteiger partial charge in [-0.15, -0.1) is 0 Å². The molecule has 0 aliphatic heterocycles. The van der Waals surface area contributed by atoms with Crippen molar-refractivity contribution in [2.24, 2.45) is 11.8 Å². The first-order valence-corrected chi connectivity index (χ1v) is 27.8. The topological polar surface area (TPSA) is 54.1 Å². The standard InChI is InChI=1S/2C35H31F3N2O/c36-35(37,38)31-19-16-26(17-20-31)23-41-24-27-18-21-33-32(22-27)39-25-40(33)34(28-10-4-1-5-11-28,29-12-6-2-7-13-29)30-14-8-3-9-15-30;36-35(37,38)31-19-16-26(17-20-31)23-41-24-27-18-21-32-33(22-27)40(25-39-32)34(28-10-4-1-5-11-28,29-12-6-2-7-13-29)30-14-8-3-9-15-30/h2*1-17,19-20,25,27H,18,21-24H2. The predicted octanol–water partition coefficient (Wildman–Crippen LogP) is 16.1. The van der Waals surface area contributed by atoms with Crippen molar-refractivity contribution in [2.45, 2.75) is 75.2 Å². The Kier molecular flexibility index (Phi) is 16.5. The molecule has 0 N–H and O–H groups in total. The van der Waals surface area contributed by atoms with Crippen molar-refractivity contribution < 1.29 is 35.8 Å². The quantitative estimate of drug-likeness (QED) is 0.0715. The highest BCUT2D eigenvalue weighted by atomic mass is 19.4. The van der Waals surface area contributed by atoms with Crippen molar-refractivity contribution >= 4 is 0 Å². The van der Waals surface area contributed by atoms with Gasteiger partial charge in [-0.3, -0.25) is 0 Å². The van der Waals surface area contributed by atoms with E-state index in [1.165, 1.54) is 52.3 Å². The Morgan fingerprint density at radius 1 is 0.354 bits per heavy atom. The fourth-order valence-corrected chi connectivity index (χ4v) is 12.2. The van der Waals surface area contributed by atoms with Gasteiger partial charge in [0.2, 0.25) is 0 Å². The van der Waals surface area contributed by atoms with Crippen LogP contribution in [0.3, 0.4) is 0 Å². The van der Waals surface area contributed by atoms with Crippen LogP contribution in [0.4, 0.5) is 26.3 Å².